The first-order chi connectivity index (χ1) is 13.4. The molecule has 0 aromatic heterocycles. The predicted molar refractivity (Wildman–Crippen MR) is 127 cm³/mol. The highest BCUT2D eigenvalue weighted by molar-refractivity contribution is 4.87. The number of allylic oxidation sites excluding steroid dienone is 4. The van der Waals surface area contributed by atoms with Crippen molar-refractivity contribution in [1.29, 1.82) is 0 Å². The highest BCUT2D eigenvalue weighted by Gasteiger charge is 1.94. The van der Waals surface area contributed by atoms with Crippen LogP contribution >= 0.6 is 0 Å². The maximum Gasteiger partial charge on any atom is -0.0316 e. The third kappa shape index (κ3) is 25.5. The van der Waals surface area contributed by atoms with Crippen molar-refractivity contribution in [2.24, 2.45) is 0 Å². The fourth-order valence-electron chi connectivity index (χ4n) is 3.62. The first kappa shape index (κ1) is 26.5. The minimum Gasteiger partial charge on any atom is -0.0885 e. The molecule has 0 amide bonds. The van der Waals surface area contributed by atoms with Crippen molar-refractivity contribution in [2.45, 2.75) is 149 Å². The first-order valence-electron chi connectivity index (χ1n) is 12.7. The van der Waals surface area contributed by atoms with Crippen molar-refractivity contribution in [3.8, 4) is 0 Å². The van der Waals surface area contributed by atoms with E-state index in [4.69, 9.17) is 0 Å². The molecule has 0 saturated heterocycles. The Balaban J connectivity index is 3.08. The van der Waals surface area contributed by atoms with Crippen LogP contribution in [-0.2, 0) is 0 Å². The van der Waals surface area contributed by atoms with Gasteiger partial charge >= 0.3 is 0 Å². The van der Waals surface area contributed by atoms with Crippen LogP contribution < -0.4 is 0 Å². The zero-order valence-corrected chi connectivity index (χ0v) is 19.2. The van der Waals surface area contributed by atoms with Crippen LogP contribution in [0.1, 0.15) is 149 Å². The van der Waals surface area contributed by atoms with Crippen molar-refractivity contribution >= 4 is 0 Å². The second kappa shape index (κ2) is 25.5. The van der Waals surface area contributed by atoms with Crippen LogP contribution in [-0.4, -0.2) is 0 Å². The standard InChI is InChI=1S/C27H52/c1-3-5-7-9-11-13-15-17-19-21-23-25-27-26-24-22-20-18-16-14-12-10-8-6-4-2/h9,11,17,19H,3-8,10,12-16,18,20-27H2,1-2H3/b11-9-,19-17-. The van der Waals surface area contributed by atoms with Crippen molar-refractivity contribution < 1.29 is 0 Å². The lowest BCUT2D eigenvalue weighted by molar-refractivity contribution is 0.533. The van der Waals surface area contributed by atoms with E-state index in [-0.39, 0.29) is 0 Å². The molecule has 0 N–H and O–H groups in total. The predicted octanol–water partition coefficient (Wildman–Crippen LogP) is 10.3. The fourth-order valence-corrected chi connectivity index (χ4v) is 3.62. The summed E-state index contributed by atoms with van der Waals surface area (Å²) in [5.74, 6) is 0. The van der Waals surface area contributed by atoms with Gasteiger partial charge in [-0.1, -0.05) is 141 Å². The molecule has 0 atom stereocenters. The quantitative estimate of drug-likeness (QED) is 0.130. The smallest absolute Gasteiger partial charge is 0.0316 e. The van der Waals surface area contributed by atoms with Crippen LogP contribution in [0, 0.1) is 0 Å². The Morgan fingerprint density at radius 3 is 1.00 bits per heavy atom. The summed E-state index contributed by atoms with van der Waals surface area (Å²) >= 11 is 0. The molecular formula is C27H52. The molecule has 0 rings (SSSR count). The topological polar surface area (TPSA) is 0 Å². The Labute approximate surface area is 173 Å². The van der Waals surface area contributed by atoms with E-state index in [0.29, 0.717) is 0 Å². The zero-order valence-electron chi connectivity index (χ0n) is 19.2. The minimum atomic E-state index is 1.22. The molecule has 0 fully saturated rings. The van der Waals surface area contributed by atoms with Gasteiger partial charge in [-0.05, 0) is 32.1 Å². The Bertz CT molecular complexity index is 299. The fraction of sp³-hybridized carbons (Fsp3) is 0.852. The third-order valence-electron chi connectivity index (χ3n) is 5.53. The molecule has 0 spiro atoms. The molecular weight excluding hydrogens is 324 g/mol. The highest BCUT2D eigenvalue weighted by atomic mass is 14.0. The molecule has 0 bridgehead atoms. The number of unbranched alkanes of at least 4 members (excludes halogenated alkanes) is 18. The SMILES string of the molecule is CCCC/C=C\CC/C=C\CCCCCCCCCCCCCCCCC. The summed E-state index contributed by atoms with van der Waals surface area (Å²) in [7, 11) is 0. The van der Waals surface area contributed by atoms with Crippen LogP contribution in [0.2, 0.25) is 0 Å². The van der Waals surface area contributed by atoms with E-state index in [1.54, 1.807) is 0 Å². The van der Waals surface area contributed by atoms with Gasteiger partial charge in [0.05, 0.1) is 0 Å². The normalized spacial score (nSPS) is 11.9. The largest absolute Gasteiger partial charge is 0.0885 e. The second-order valence-electron chi connectivity index (χ2n) is 8.40. The highest BCUT2D eigenvalue weighted by Crippen LogP contribution is 2.13. The van der Waals surface area contributed by atoms with Crippen LogP contribution in [0.25, 0.3) is 0 Å². The van der Waals surface area contributed by atoms with Gasteiger partial charge in [-0.3, -0.25) is 0 Å². The molecule has 160 valence electrons. The lowest BCUT2D eigenvalue weighted by Crippen LogP contribution is -1.83. The number of hydrogen-bond donors (Lipinski definition) is 0. The molecule has 0 radical (unpaired) electrons. The molecule has 0 heterocycles. The lowest BCUT2D eigenvalue weighted by atomic mass is 10.0. The summed E-state index contributed by atoms with van der Waals surface area (Å²) in [6, 6.07) is 0. The zero-order chi connectivity index (χ0) is 19.7. The Kier molecular flexibility index (Phi) is 25.0. The maximum absolute atomic E-state index is 2.40. The average molecular weight is 377 g/mol. The van der Waals surface area contributed by atoms with E-state index in [1.165, 1.54) is 135 Å². The molecule has 0 aliphatic rings. The van der Waals surface area contributed by atoms with Gasteiger partial charge in [0, 0.05) is 0 Å². The van der Waals surface area contributed by atoms with Gasteiger partial charge < -0.3 is 0 Å². The van der Waals surface area contributed by atoms with Gasteiger partial charge in [-0.25, -0.2) is 0 Å². The van der Waals surface area contributed by atoms with E-state index >= 15 is 0 Å². The summed E-state index contributed by atoms with van der Waals surface area (Å²) in [4.78, 5) is 0. The Hall–Kier alpha value is -0.520. The summed E-state index contributed by atoms with van der Waals surface area (Å²) in [5, 5.41) is 0. The van der Waals surface area contributed by atoms with Gasteiger partial charge in [-0.15, -0.1) is 0 Å². The van der Waals surface area contributed by atoms with Crippen molar-refractivity contribution in [3.63, 3.8) is 0 Å². The van der Waals surface area contributed by atoms with Crippen molar-refractivity contribution in [1.82, 2.24) is 0 Å². The molecule has 0 aromatic carbocycles. The van der Waals surface area contributed by atoms with Crippen molar-refractivity contribution in [2.75, 3.05) is 0 Å². The van der Waals surface area contributed by atoms with Crippen LogP contribution in [0.4, 0.5) is 0 Å². The first-order valence-corrected chi connectivity index (χ1v) is 12.7. The van der Waals surface area contributed by atoms with E-state index in [2.05, 4.69) is 38.2 Å². The molecule has 0 nitrogen and oxygen atoms in total. The van der Waals surface area contributed by atoms with Crippen molar-refractivity contribution in [3.05, 3.63) is 24.3 Å². The van der Waals surface area contributed by atoms with Crippen LogP contribution in [0.5, 0.6) is 0 Å². The van der Waals surface area contributed by atoms with Gasteiger partial charge in [-0.2, -0.15) is 0 Å². The Morgan fingerprint density at radius 2 is 0.593 bits per heavy atom. The Morgan fingerprint density at radius 1 is 0.296 bits per heavy atom. The van der Waals surface area contributed by atoms with Gasteiger partial charge in [0.1, 0.15) is 0 Å². The van der Waals surface area contributed by atoms with Gasteiger partial charge in [0.15, 0.2) is 0 Å². The summed E-state index contributed by atoms with van der Waals surface area (Å²) in [6.45, 7) is 4.56. The average Bonchev–Trinajstić information content (AvgIpc) is 2.68. The third-order valence-corrected chi connectivity index (χ3v) is 5.53. The summed E-state index contributed by atoms with van der Waals surface area (Å²) < 4.78 is 0. The number of rotatable bonds is 22. The molecule has 0 aliphatic heterocycles. The molecule has 0 unspecified atom stereocenters. The summed E-state index contributed by atoms with van der Waals surface area (Å²) in [6.07, 6.45) is 38.9. The van der Waals surface area contributed by atoms with Crippen LogP contribution in [0.3, 0.4) is 0 Å². The second-order valence-corrected chi connectivity index (χ2v) is 8.40. The van der Waals surface area contributed by atoms with E-state index in [1.807, 2.05) is 0 Å². The number of hydrogen-bond acceptors (Lipinski definition) is 0. The van der Waals surface area contributed by atoms with E-state index in [0.717, 1.165) is 0 Å². The molecule has 0 heteroatoms. The minimum absolute atomic E-state index is 1.22. The molecule has 0 aromatic rings. The lowest BCUT2D eigenvalue weighted by Gasteiger charge is -2.03. The van der Waals surface area contributed by atoms with Crippen LogP contribution in [0.15, 0.2) is 24.3 Å². The molecule has 0 aliphatic carbocycles. The van der Waals surface area contributed by atoms with Gasteiger partial charge in [0.2, 0.25) is 0 Å². The summed E-state index contributed by atoms with van der Waals surface area (Å²) in [5.41, 5.74) is 0. The molecule has 27 heavy (non-hydrogen) atoms. The van der Waals surface area contributed by atoms with Gasteiger partial charge in [0.25, 0.3) is 0 Å². The van der Waals surface area contributed by atoms with E-state index in [9.17, 15) is 0 Å². The van der Waals surface area contributed by atoms with E-state index < -0.39 is 0 Å². The monoisotopic (exact) mass is 376 g/mol. The maximum atomic E-state index is 2.40. The molecule has 0 saturated carbocycles.